The van der Waals surface area contributed by atoms with E-state index in [1.807, 2.05) is 13.0 Å². The lowest BCUT2D eigenvalue weighted by Crippen LogP contribution is -2.54. The Morgan fingerprint density at radius 1 is 1.45 bits per heavy atom. The number of amides is 1. The van der Waals surface area contributed by atoms with Gasteiger partial charge in [0.25, 0.3) is 0 Å². The lowest BCUT2D eigenvalue weighted by atomic mass is 9.98. The zero-order valence-corrected chi connectivity index (χ0v) is 12.0. The summed E-state index contributed by atoms with van der Waals surface area (Å²) in [6.45, 7) is 5.52. The first-order valence-electron chi connectivity index (χ1n) is 6.66. The Balaban J connectivity index is 2.25. The maximum atomic E-state index is 12.5. The van der Waals surface area contributed by atoms with Crippen molar-refractivity contribution in [3.8, 4) is 5.75 Å². The molecule has 0 saturated heterocycles. The van der Waals surface area contributed by atoms with Gasteiger partial charge in [-0.25, -0.2) is 0 Å². The monoisotopic (exact) mass is 276 g/mol. The van der Waals surface area contributed by atoms with E-state index >= 15 is 0 Å². The van der Waals surface area contributed by atoms with Crippen molar-refractivity contribution in [2.24, 2.45) is 5.73 Å². The predicted molar refractivity (Wildman–Crippen MR) is 75.8 cm³/mol. The molecule has 0 radical (unpaired) electrons. The standard InChI is InChI=1S/C15H20N2O3/c1-9-4-5-12-10(8-9)13(18)11(6-7-20-12)17-14(19)15(2,3)16/h4-5,8,11H,6-7,16H2,1-3H3,(H,17,19). The molecule has 1 aliphatic rings. The van der Waals surface area contributed by atoms with E-state index < -0.39 is 11.6 Å². The van der Waals surface area contributed by atoms with Gasteiger partial charge >= 0.3 is 0 Å². The van der Waals surface area contributed by atoms with Crippen molar-refractivity contribution in [2.45, 2.75) is 38.8 Å². The minimum absolute atomic E-state index is 0.126. The summed E-state index contributed by atoms with van der Waals surface area (Å²) in [6.07, 6.45) is 0.439. The van der Waals surface area contributed by atoms with Crippen LogP contribution >= 0.6 is 0 Å². The fourth-order valence-electron chi connectivity index (χ4n) is 2.05. The van der Waals surface area contributed by atoms with Gasteiger partial charge in [0.2, 0.25) is 5.91 Å². The molecule has 0 spiro atoms. The molecule has 5 nitrogen and oxygen atoms in total. The topological polar surface area (TPSA) is 81.4 Å². The van der Waals surface area contributed by atoms with Gasteiger partial charge in [0.15, 0.2) is 5.78 Å². The summed E-state index contributed by atoms with van der Waals surface area (Å²) in [5, 5.41) is 2.72. The van der Waals surface area contributed by atoms with E-state index in [9.17, 15) is 9.59 Å². The number of fused-ring (bicyclic) bond motifs is 1. The minimum Gasteiger partial charge on any atom is -0.493 e. The summed E-state index contributed by atoms with van der Waals surface area (Å²) in [6, 6.07) is 4.89. The van der Waals surface area contributed by atoms with Gasteiger partial charge in [0.1, 0.15) is 5.75 Å². The molecule has 1 atom stereocenters. The number of carbonyl (C=O) groups excluding carboxylic acids is 2. The van der Waals surface area contributed by atoms with Gasteiger partial charge in [-0.2, -0.15) is 0 Å². The molecule has 1 aliphatic heterocycles. The van der Waals surface area contributed by atoms with Gasteiger partial charge in [0.05, 0.1) is 23.8 Å². The number of hydrogen-bond donors (Lipinski definition) is 2. The number of nitrogens with two attached hydrogens (primary N) is 1. The van der Waals surface area contributed by atoms with Crippen LogP contribution in [-0.4, -0.2) is 29.9 Å². The highest BCUT2D eigenvalue weighted by Gasteiger charge is 2.31. The smallest absolute Gasteiger partial charge is 0.240 e. The van der Waals surface area contributed by atoms with Crippen LogP contribution in [0, 0.1) is 6.92 Å². The second-order valence-corrected chi connectivity index (χ2v) is 5.75. The Labute approximate surface area is 118 Å². The molecule has 1 aromatic rings. The van der Waals surface area contributed by atoms with E-state index in [1.54, 1.807) is 26.0 Å². The number of aryl methyl sites for hydroxylation is 1. The number of rotatable bonds is 2. The van der Waals surface area contributed by atoms with Crippen LogP contribution in [-0.2, 0) is 4.79 Å². The fraction of sp³-hybridized carbons (Fsp3) is 0.467. The number of Topliss-reactive ketones (excluding diaryl/α,β-unsaturated/α-hetero) is 1. The van der Waals surface area contributed by atoms with Crippen molar-refractivity contribution in [3.63, 3.8) is 0 Å². The third-order valence-electron chi connectivity index (χ3n) is 3.27. The van der Waals surface area contributed by atoms with Gasteiger partial charge in [-0.05, 0) is 32.9 Å². The number of ether oxygens (including phenoxy) is 1. The number of carbonyl (C=O) groups is 2. The average Bonchev–Trinajstić information content (AvgIpc) is 2.50. The molecule has 0 fully saturated rings. The number of nitrogens with one attached hydrogen (secondary N) is 1. The highest BCUT2D eigenvalue weighted by molar-refractivity contribution is 6.05. The highest BCUT2D eigenvalue weighted by Crippen LogP contribution is 2.25. The third kappa shape index (κ3) is 2.99. The maximum absolute atomic E-state index is 12.5. The molecular weight excluding hydrogens is 256 g/mol. The largest absolute Gasteiger partial charge is 0.493 e. The SMILES string of the molecule is Cc1ccc2c(c1)C(=O)C(NC(=O)C(C)(C)N)CCO2. The molecule has 1 heterocycles. The predicted octanol–water partition coefficient (Wildman–Crippen LogP) is 1.18. The zero-order valence-electron chi connectivity index (χ0n) is 12.0. The summed E-state index contributed by atoms with van der Waals surface area (Å²) in [5.41, 5.74) is 6.23. The normalized spacial score (nSPS) is 18.8. The molecule has 1 unspecified atom stereocenters. The number of ketones is 1. The van der Waals surface area contributed by atoms with Gasteiger partial charge < -0.3 is 15.8 Å². The van der Waals surface area contributed by atoms with E-state index in [0.717, 1.165) is 5.56 Å². The molecule has 3 N–H and O–H groups in total. The molecule has 1 aromatic carbocycles. The van der Waals surface area contributed by atoms with E-state index in [2.05, 4.69) is 5.32 Å². The molecule has 20 heavy (non-hydrogen) atoms. The minimum atomic E-state index is -1.01. The Bertz CT molecular complexity index is 547. The van der Waals surface area contributed by atoms with Crippen molar-refractivity contribution in [3.05, 3.63) is 29.3 Å². The molecule has 1 amide bonds. The van der Waals surface area contributed by atoms with Crippen molar-refractivity contribution in [1.29, 1.82) is 0 Å². The van der Waals surface area contributed by atoms with Crippen LogP contribution in [0.5, 0.6) is 5.75 Å². The second kappa shape index (κ2) is 5.25. The van der Waals surface area contributed by atoms with Gasteiger partial charge in [0, 0.05) is 6.42 Å². The molecule has 0 aliphatic carbocycles. The van der Waals surface area contributed by atoms with Crippen LogP contribution in [0.2, 0.25) is 0 Å². The Morgan fingerprint density at radius 2 is 2.15 bits per heavy atom. The van der Waals surface area contributed by atoms with Gasteiger partial charge in [-0.3, -0.25) is 9.59 Å². The van der Waals surface area contributed by atoms with E-state index in [4.69, 9.17) is 10.5 Å². The summed E-state index contributed by atoms with van der Waals surface area (Å²) >= 11 is 0. The molecular formula is C15H20N2O3. The fourth-order valence-corrected chi connectivity index (χ4v) is 2.05. The molecule has 0 aromatic heterocycles. The van der Waals surface area contributed by atoms with Crippen LogP contribution in [0.15, 0.2) is 18.2 Å². The average molecular weight is 276 g/mol. The van der Waals surface area contributed by atoms with Crippen molar-refractivity contribution >= 4 is 11.7 Å². The lowest BCUT2D eigenvalue weighted by molar-refractivity contribution is -0.125. The summed E-state index contributed by atoms with van der Waals surface area (Å²) in [7, 11) is 0. The van der Waals surface area contributed by atoms with Crippen LogP contribution in [0.1, 0.15) is 36.2 Å². The quantitative estimate of drug-likeness (QED) is 0.850. The Hall–Kier alpha value is -1.88. The van der Waals surface area contributed by atoms with Crippen molar-refractivity contribution in [1.82, 2.24) is 5.32 Å². The van der Waals surface area contributed by atoms with Crippen LogP contribution in [0.3, 0.4) is 0 Å². The first-order chi connectivity index (χ1) is 9.29. The van der Waals surface area contributed by atoms with Crippen LogP contribution in [0.4, 0.5) is 0 Å². The second-order valence-electron chi connectivity index (χ2n) is 5.75. The summed E-state index contributed by atoms with van der Waals surface area (Å²) in [4.78, 5) is 24.5. The van der Waals surface area contributed by atoms with E-state index in [1.165, 1.54) is 0 Å². The molecule has 5 heteroatoms. The number of benzene rings is 1. The highest BCUT2D eigenvalue weighted by atomic mass is 16.5. The first-order valence-corrected chi connectivity index (χ1v) is 6.66. The van der Waals surface area contributed by atoms with Crippen molar-refractivity contribution in [2.75, 3.05) is 6.61 Å². The van der Waals surface area contributed by atoms with Crippen LogP contribution in [0.25, 0.3) is 0 Å². The maximum Gasteiger partial charge on any atom is 0.240 e. The first kappa shape index (κ1) is 14.5. The molecule has 0 bridgehead atoms. The third-order valence-corrected chi connectivity index (χ3v) is 3.27. The summed E-state index contributed by atoms with van der Waals surface area (Å²) < 4.78 is 5.57. The molecule has 0 saturated carbocycles. The van der Waals surface area contributed by atoms with Gasteiger partial charge in [-0.1, -0.05) is 11.6 Å². The van der Waals surface area contributed by atoms with E-state index in [-0.39, 0.29) is 11.7 Å². The van der Waals surface area contributed by atoms with Crippen molar-refractivity contribution < 1.29 is 14.3 Å². The van der Waals surface area contributed by atoms with Crippen LogP contribution < -0.4 is 15.8 Å². The molecule has 108 valence electrons. The lowest BCUT2D eigenvalue weighted by Gasteiger charge is -2.22. The zero-order chi connectivity index (χ0) is 14.9. The molecule has 2 rings (SSSR count). The Morgan fingerprint density at radius 3 is 2.80 bits per heavy atom. The number of hydrogen-bond acceptors (Lipinski definition) is 4. The Kier molecular flexibility index (Phi) is 3.81. The van der Waals surface area contributed by atoms with E-state index in [0.29, 0.717) is 24.3 Å². The summed E-state index contributed by atoms with van der Waals surface area (Å²) in [5.74, 6) is 0.107. The van der Waals surface area contributed by atoms with Gasteiger partial charge in [-0.15, -0.1) is 0 Å².